The average Bonchev–Trinajstić information content (AvgIpc) is 2.42. The average molecular weight is 277 g/mol. The Balaban J connectivity index is 1.82. The number of carbonyl (C=O) groups is 1. The molecule has 4 nitrogen and oxygen atoms in total. The van der Waals surface area contributed by atoms with E-state index >= 15 is 0 Å². The van der Waals surface area contributed by atoms with Gasteiger partial charge in [-0.25, -0.2) is 0 Å². The van der Waals surface area contributed by atoms with Gasteiger partial charge in [-0.2, -0.15) is 0 Å². The third-order valence-electron chi connectivity index (χ3n) is 4.10. The first-order valence-corrected chi connectivity index (χ1v) is 7.27. The monoisotopic (exact) mass is 277 g/mol. The van der Waals surface area contributed by atoms with Crippen LogP contribution in [0.15, 0.2) is 18.2 Å². The van der Waals surface area contributed by atoms with Gasteiger partial charge in [0.15, 0.2) is 0 Å². The maximum absolute atomic E-state index is 10.6. The second kappa shape index (κ2) is 6.75. The third kappa shape index (κ3) is 4.23. The highest BCUT2D eigenvalue weighted by molar-refractivity contribution is 5.66. The standard InChI is InChI=1S/C16H23NO3/c1-12-2-4-15(18)14(10-12)11-17-8-6-13(7-9-17)3-5-16(19)20/h2,4,10,13,18H,3,5-9,11H2,1H3,(H,19,20). The lowest BCUT2D eigenvalue weighted by atomic mass is 9.92. The molecule has 1 saturated heterocycles. The highest BCUT2D eigenvalue weighted by atomic mass is 16.4. The zero-order valence-corrected chi connectivity index (χ0v) is 12.0. The van der Waals surface area contributed by atoms with Crippen LogP contribution in [0.1, 0.15) is 36.8 Å². The van der Waals surface area contributed by atoms with Crippen molar-refractivity contribution in [2.24, 2.45) is 5.92 Å². The third-order valence-corrected chi connectivity index (χ3v) is 4.10. The van der Waals surface area contributed by atoms with Crippen LogP contribution in [0.2, 0.25) is 0 Å². The summed E-state index contributed by atoms with van der Waals surface area (Å²) in [7, 11) is 0. The molecule has 2 rings (SSSR count). The summed E-state index contributed by atoms with van der Waals surface area (Å²) in [5.74, 6) is 0.203. The topological polar surface area (TPSA) is 60.8 Å². The van der Waals surface area contributed by atoms with Gasteiger partial charge in [-0.1, -0.05) is 17.7 Å². The highest BCUT2D eigenvalue weighted by Crippen LogP contribution is 2.25. The molecule has 2 N–H and O–H groups in total. The predicted octanol–water partition coefficient (Wildman–Crippen LogP) is 2.78. The van der Waals surface area contributed by atoms with Gasteiger partial charge in [-0.3, -0.25) is 9.69 Å². The van der Waals surface area contributed by atoms with E-state index in [1.807, 2.05) is 19.1 Å². The van der Waals surface area contributed by atoms with Crippen LogP contribution in [-0.4, -0.2) is 34.2 Å². The summed E-state index contributed by atoms with van der Waals surface area (Å²) in [6.45, 7) is 4.77. The van der Waals surface area contributed by atoms with Gasteiger partial charge in [0.1, 0.15) is 5.75 Å². The van der Waals surface area contributed by atoms with Gasteiger partial charge in [-0.15, -0.1) is 0 Å². The molecule has 20 heavy (non-hydrogen) atoms. The van der Waals surface area contributed by atoms with Crippen LogP contribution in [-0.2, 0) is 11.3 Å². The molecule has 0 bridgehead atoms. The van der Waals surface area contributed by atoms with E-state index < -0.39 is 5.97 Å². The molecule has 0 radical (unpaired) electrons. The van der Waals surface area contributed by atoms with Gasteiger partial charge < -0.3 is 10.2 Å². The van der Waals surface area contributed by atoms with E-state index in [4.69, 9.17) is 5.11 Å². The van der Waals surface area contributed by atoms with Crippen LogP contribution >= 0.6 is 0 Å². The van der Waals surface area contributed by atoms with Crippen molar-refractivity contribution in [1.29, 1.82) is 0 Å². The molecule has 4 heteroatoms. The SMILES string of the molecule is Cc1ccc(O)c(CN2CCC(CCC(=O)O)CC2)c1. The van der Waals surface area contributed by atoms with Crippen molar-refractivity contribution in [3.8, 4) is 5.75 Å². The van der Waals surface area contributed by atoms with Crippen LogP contribution < -0.4 is 0 Å². The van der Waals surface area contributed by atoms with E-state index in [-0.39, 0.29) is 6.42 Å². The number of phenolic OH excluding ortho intramolecular Hbond substituents is 1. The molecule has 1 aromatic rings. The molecule has 0 saturated carbocycles. The zero-order chi connectivity index (χ0) is 14.5. The lowest BCUT2D eigenvalue weighted by molar-refractivity contribution is -0.137. The fraction of sp³-hybridized carbons (Fsp3) is 0.562. The molecule has 0 atom stereocenters. The first kappa shape index (κ1) is 14.9. The zero-order valence-electron chi connectivity index (χ0n) is 12.0. The van der Waals surface area contributed by atoms with Gasteiger partial charge in [-0.05, 0) is 51.3 Å². The Labute approximate surface area is 120 Å². The summed E-state index contributed by atoms with van der Waals surface area (Å²) in [4.78, 5) is 12.9. The van der Waals surface area contributed by atoms with Crippen LogP contribution in [0.3, 0.4) is 0 Å². The van der Waals surface area contributed by atoms with E-state index in [1.54, 1.807) is 6.07 Å². The number of nitrogens with zero attached hydrogens (tertiary/aromatic N) is 1. The molecule has 0 aliphatic carbocycles. The first-order valence-electron chi connectivity index (χ1n) is 7.27. The van der Waals surface area contributed by atoms with Crippen LogP contribution in [0, 0.1) is 12.8 Å². The number of aliphatic carboxylic acids is 1. The lowest BCUT2D eigenvalue weighted by Crippen LogP contribution is -2.33. The summed E-state index contributed by atoms with van der Waals surface area (Å²) in [5, 5.41) is 18.6. The van der Waals surface area contributed by atoms with Gasteiger partial charge in [0.05, 0.1) is 0 Å². The number of piperidine rings is 1. The number of phenols is 1. The Morgan fingerprint density at radius 3 is 2.70 bits per heavy atom. The van der Waals surface area contributed by atoms with Crippen molar-refractivity contribution in [2.45, 2.75) is 39.2 Å². The minimum atomic E-state index is -0.697. The molecule has 110 valence electrons. The van der Waals surface area contributed by atoms with Gasteiger partial charge >= 0.3 is 5.97 Å². The minimum Gasteiger partial charge on any atom is -0.508 e. The number of carboxylic acid groups (broad SMARTS) is 1. The van der Waals surface area contributed by atoms with Crippen LogP contribution in [0.4, 0.5) is 0 Å². The van der Waals surface area contributed by atoms with Crippen molar-refractivity contribution in [3.63, 3.8) is 0 Å². The number of hydrogen-bond acceptors (Lipinski definition) is 3. The summed E-state index contributed by atoms with van der Waals surface area (Å²) in [6.07, 6.45) is 3.18. The van der Waals surface area contributed by atoms with Gasteiger partial charge in [0.2, 0.25) is 0 Å². The normalized spacial score (nSPS) is 17.2. The molecule has 1 heterocycles. The number of hydrogen-bond donors (Lipinski definition) is 2. The fourth-order valence-electron chi connectivity index (χ4n) is 2.84. The summed E-state index contributed by atoms with van der Waals surface area (Å²) in [5.41, 5.74) is 2.14. The van der Waals surface area contributed by atoms with E-state index in [0.29, 0.717) is 11.7 Å². The number of rotatable bonds is 5. The quantitative estimate of drug-likeness (QED) is 0.869. The molecule has 1 fully saturated rings. The van der Waals surface area contributed by atoms with Crippen LogP contribution in [0.25, 0.3) is 0 Å². The minimum absolute atomic E-state index is 0.281. The van der Waals surface area contributed by atoms with Crippen molar-refractivity contribution >= 4 is 5.97 Å². The number of benzene rings is 1. The molecular weight excluding hydrogens is 254 g/mol. The molecule has 0 amide bonds. The Morgan fingerprint density at radius 2 is 2.05 bits per heavy atom. The number of aryl methyl sites for hydroxylation is 1. The molecule has 0 aromatic heterocycles. The molecular formula is C16H23NO3. The maximum Gasteiger partial charge on any atom is 0.303 e. The van der Waals surface area contributed by atoms with Crippen molar-refractivity contribution < 1.29 is 15.0 Å². The fourth-order valence-corrected chi connectivity index (χ4v) is 2.84. The van der Waals surface area contributed by atoms with Gasteiger partial charge in [0.25, 0.3) is 0 Å². The van der Waals surface area contributed by atoms with Crippen molar-refractivity contribution in [1.82, 2.24) is 4.90 Å². The smallest absolute Gasteiger partial charge is 0.303 e. The Hall–Kier alpha value is -1.55. The van der Waals surface area contributed by atoms with Crippen LogP contribution in [0.5, 0.6) is 5.75 Å². The summed E-state index contributed by atoms with van der Waals surface area (Å²) in [6, 6.07) is 5.70. The molecule has 1 aliphatic heterocycles. The Morgan fingerprint density at radius 1 is 1.35 bits per heavy atom. The molecule has 0 unspecified atom stereocenters. The largest absolute Gasteiger partial charge is 0.508 e. The predicted molar refractivity (Wildman–Crippen MR) is 77.7 cm³/mol. The number of carboxylic acids is 1. The second-order valence-electron chi connectivity index (χ2n) is 5.78. The molecule has 1 aliphatic rings. The summed E-state index contributed by atoms with van der Waals surface area (Å²) >= 11 is 0. The summed E-state index contributed by atoms with van der Waals surface area (Å²) < 4.78 is 0. The van der Waals surface area contributed by atoms with E-state index in [1.165, 1.54) is 0 Å². The van der Waals surface area contributed by atoms with Gasteiger partial charge in [0, 0.05) is 18.5 Å². The second-order valence-corrected chi connectivity index (χ2v) is 5.78. The Bertz CT molecular complexity index is 465. The van der Waals surface area contributed by atoms with E-state index in [9.17, 15) is 9.90 Å². The van der Waals surface area contributed by atoms with Crippen molar-refractivity contribution in [2.75, 3.05) is 13.1 Å². The first-order chi connectivity index (χ1) is 9.54. The highest BCUT2D eigenvalue weighted by Gasteiger charge is 2.20. The molecule has 0 spiro atoms. The Kier molecular flexibility index (Phi) is 5.01. The number of aromatic hydroxyl groups is 1. The van der Waals surface area contributed by atoms with Crippen molar-refractivity contribution in [3.05, 3.63) is 29.3 Å². The molecule has 1 aromatic carbocycles. The number of likely N-dealkylation sites (tertiary alicyclic amines) is 1. The lowest BCUT2D eigenvalue weighted by Gasteiger charge is -2.32. The maximum atomic E-state index is 10.6. The van der Waals surface area contributed by atoms with E-state index in [0.717, 1.165) is 50.0 Å². The van der Waals surface area contributed by atoms with E-state index in [2.05, 4.69) is 4.90 Å².